The lowest BCUT2D eigenvalue weighted by molar-refractivity contribution is 0.122. The van der Waals surface area contributed by atoms with E-state index in [0.29, 0.717) is 44.6 Å². The van der Waals surface area contributed by atoms with E-state index < -0.39 is 0 Å². The number of morpholine rings is 1. The number of aromatic nitrogens is 2. The van der Waals surface area contributed by atoms with Gasteiger partial charge in [-0.2, -0.15) is 20.2 Å². The minimum absolute atomic E-state index is 0.197. The van der Waals surface area contributed by atoms with Gasteiger partial charge in [-0.1, -0.05) is 0 Å². The van der Waals surface area contributed by atoms with Crippen LogP contribution in [-0.4, -0.2) is 61.6 Å². The lowest BCUT2D eigenvalue weighted by Crippen LogP contribution is -2.37. The van der Waals surface area contributed by atoms with Crippen LogP contribution in [0.4, 0.5) is 11.5 Å². The third-order valence-corrected chi connectivity index (χ3v) is 3.93. The molecule has 0 unspecified atom stereocenters. The van der Waals surface area contributed by atoms with Gasteiger partial charge in [0, 0.05) is 25.7 Å². The van der Waals surface area contributed by atoms with Gasteiger partial charge in [0.2, 0.25) is 0 Å². The number of anilines is 1. The van der Waals surface area contributed by atoms with Crippen molar-refractivity contribution in [3.8, 4) is 11.8 Å². The van der Waals surface area contributed by atoms with E-state index in [1.165, 1.54) is 0 Å². The molecular formula is C18H24N6O3. The Morgan fingerprint density at radius 3 is 2.74 bits per heavy atom. The van der Waals surface area contributed by atoms with E-state index in [0.717, 1.165) is 24.6 Å². The fourth-order valence-corrected chi connectivity index (χ4v) is 2.51. The molecule has 3 rings (SSSR count). The van der Waals surface area contributed by atoms with E-state index in [1.54, 1.807) is 24.3 Å². The molecule has 1 aliphatic heterocycles. The highest BCUT2D eigenvalue weighted by atomic mass is 16.5. The molecule has 2 aromatic rings. The summed E-state index contributed by atoms with van der Waals surface area (Å²) >= 11 is 0. The number of phenols is 1. The molecule has 9 heteroatoms. The second-order valence-electron chi connectivity index (χ2n) is 5.97. The summed E-state index contributed by atoms with van der Waals surface area (Å²) in [6.07, 6.45) is 0. The number of benzene rings is 1. The summed E-state index contributed by atoms with van der Waals surface area (Å²) < 4.78 is 11.1. The third-order valence-electron chi connectivity index (χ3n) is 3.93. The number of phenolic OH excluding ortho intramolecular Hbond substituents is 1. The molecule has 0 amide bonds. The van der Waals surface area contributed by atoms with E-state index in [9.17, 15) is 5.11 Å². The normalized spacial score (nSPS) is 14.6. The minimum atomic E-state index is 0.197. The monoisotopic (exact) mass is 372 g/mol. The highest BCUT2D eigenvalue weighted by Crippen LogP contribution is 2.20. The van der Waals surface area contributed by atoms with Gasteiger partial charge in [-0.05, 0) is 31.3 Å². The van der Waals surface area contributed by atoms with Crippen LogP contribution in [-0.2, 0) is 11.3 Å². The molecule has 0 saturated carbocycles. The Bertz CT molecular complexity index is 747. The van der Waals surface area contributed by atoms with Crippen LogP contribution in [0.25, 0.3) is 0 Å². The van der Waals surface area contributed by atoms with Crippen molar-refractivity contribution in [3.05, 3.63) is 36.0 Å². The van der Waals surface area contributed by atoms with Crippen LogP contribution < -0.4 is 15.0 Å². The topological polar surface area (TPSA) is 104 Å². The number of ether oxygens (including phenoxy) is 2. The van der Waals surface area contributed by atoms with Crippen molar-refractivity contribution in [2.75, 3.05) is 51.4 Å². The maximum absolute atomic E-state index is 9.31. The van der Waals surface area contributed by atoms with Gasteiger partial charge in [-0.25, -0.2) is 0 Å². The highest BCUT2D eigenvalue weighted by Gasteiger charge is 2.15. The van der Waals surface area contributed by atoms with Crippen molar-refractivity contribution < 1.29 is 14.6 Å². The summed E-state index contributed by atoms with van der Waals surface area (Å²) in [5, 5.41) is 20.7. The van der Waals surface area contributed by atoms with Gasteiger partial charge in [0.25, 0.3) is 0 Å². The molecule has 0 spiro atoms. The van der Waals surface area contributed by atoms with E-state index in [4.69, 9.17) is 9.47 Å². The van der Waals surface area contributed by atoms with Gasteiger partial charge in [0.05, 0.1) is 24.6 Å². The molecule has 2 N–H and O–H groups in total. The zero-order valence-electron chi connectivity index (χ0n) is 15.3. The van der Waals surface area contributed by atoms with Gasteiger partial charge in [-0.15, -0.1) is 0 Å². The van der Waals surface area contributed by atoms with E-state index in [1.807, 2.05) is 13.1 Å². The first kappa shape index (κ1) is 19.0. The van der Waals surface area contributed by atoms with Crippen LogP contribution >= 0.6 is 0 Å². The van der Waals surface area contributed by atoms with Crippen LogP contribution in [0.3, 0.4) is 0 Å². The number of hydrogen-bond donors (Lipinski definition) is 2. The summed E-state index contributed by atoms with van der Waals surface area (Å²) in [7, 11) is 1.86. The van der Waals surface area contributed by atoms with Crippen molar-refractivity contribution in [1.82, 2.24) is 15.3 Å². The zero-order chi connectivity index (χ0) is 18.9. The summed E-state index contributed by atoms with van der Waals surface area (Å²) in [5.74, 6) is 1.01. The van der Waals surface area contributed by atoms with Crippen LogP contribution in [0.15, 0.2) is 40.6 Å². The third kappa shape index (κ3) is 5.87. The first-order chi connectivity index (χ1) is 13.2. The lowest BCUT2D eigenvalue weighted by atomic mass is 10.3. The van der Waals surface area contributed by atoms with Crippen LogP contribution in [0.5, 0.6) is 11.8 Å². The van der Waals surface area contributed by atoms with Crippen LogP contribution in [0.2, 0.25) is 0 Å². The largest absolute Gasteiger partial charge is 0.508 e. The number of aromatic hydroxyl groups is 1. The average Bonchev–Trinajstić information content (AvgIpc) is 2.70. The molecule has 0 radical (unpaired) electrons. The number of rotatable bonds is 8. The molecule has 0 aliphatic carbocycles. The fourth-order valence-electron chi connectivity index (χ4n) is 2.51. The van der Waals surface area contributed by atoms with Gasteiger partial charge in [0.1, 0.15) is 24.7 Å². The maximum Gasteiger partial charge on any atom is 0.318 e. The van der Waals surface area contributed by atoms with Gasteiger partial charge in [0.15, 0.2) is 0 Å². The molecule has 2 heterocycles. The standard InChI is InChI=1S/C18H24N6O3/c1-19-6-9-27-18-21-15(12-17(22-18)24-7-10-26-11-8-24)13-20-23-14-2-4-16(25)5-3-14/h2-5,12,19,25H,6-11,13H2,1H3. The Labute approximate surface area is 158 Å². The predicted molar refractivity (Wildman–Crippen MR) is 101 cm³/mol. The second kappa shape index (κ2) is 9.79. The average molecular weight is 372 g/mol. The van der Waals surface area contributed by atoms with E-state index >= 15 is 0 Å². The summed E-state index contributed by atoms with van der Waals surface area (Å²) in [6, 6.07) is 8.79. The van der Waals surface area contributed by atoms with E-state index in [-0.39, 0.29) is 5.75 Å². The number of nitrogens with one attached hydrogen (secondary N) is 1. The molecule has 1 aromatic carbocycles. The second-order valence-corrected chi connectivity index (χ2v) is 5.97. The molecule has 0 atom stereocenters. The Morgan fingerprint density at radius 1 is 1.22 bits per heavy atom. The summed E-state index contributed by atoms with van der Waals surface area (Å²) in [6.45, 7) is 4.41. The Hall–Kier alpha value is -2.78. The molecule has 1 aliphatic rings. The minimum Gasteiger partial charge on any atom is -0.508 e. The van der Waals surface area contributed by atoms with Crippen molar-refractivity contribution in [2.24, 2.45) is 10.2 Å². The van der Waals surface area contributed by atoms with Gasteiger partial charge >= 0.3 is 6.01 Å². The SMILES string of the molecule is CNCCOc1nc(CN=Nc2ccc(O)cc2)cc(N2CCOCC2)n1. The summed E-state index contributed by atoms with van der Waals surface area (Å²) in [4.78, 5) is 11.1. The Balaban J connectivity index is 1.73. The lowest BCUT2D eigenvalue weighted by Gasteiger charge is -2.28. The van der Waals surface area contributed by atoms with Crippen molar-refractivity contribution in [2.45, 2.75) is 6.54 Å². The highest BCUT2D eigenvalue weighted by molar-refractivity contribution is 5.42. The fraction of sp³-hybridized carbons (Fsp3) is 0.444. The molecular weight excluding hydrogens is 348 g/mol. The molecule has 9 nitrogen and oxygen atoms in total. The molecule has 27 heavy (non-hydrogen) atoms. The number of likely N-dealkylation sites (N-methyl/N-ethyl adjacent to an activating group) is 1. The first-order valence-electron chi connectivity index (χ1n) is 8.89. The van der Waals surface area contributed by atoms with Crippen molar-refractivity contribution in [1.29, 1.82) is 0 Å². The Kier molecular flexibility index (Phi) is 6.89. The first-order valence-corrected chi connectivity index (χ1v) is 8.89. The summed E-state index contributed by atoms with van der Waals surface area (Å²) in [5.41, 5.74) is 1.40. The Morgan fingerprint density at radius 2 is 2.00 bits per heavy atom. The van der Waals surface area contributed by atoms with Crippen molar-refractivity contribution in [3.63, 3.8) is 0 Å². The van der Waals surface area contributed by atoms with Gasteiger partial charge in [-0.3, -0.25) is 0 Å². The number of nitrogens with zero attached hydrogens (tertiary/aromatic N) is 5. The van der Waals surface area contributed by atoms with Crippen molar-refractivity contribution >= 4 is 11.5 Å². The van der Waals surface area contributed by atoms with Crippen LogP contribution in [0, 0.1) is 0 Å². The molecule has 0 bridgehead atoms. The van der Waals surface area contributed by atoms with E-state index in [2.05, 4.69) is 30.4 Å². The smallest absolute Gasteiger partial charge is 0.318 e. The predicted octanol–water partition coefficient (Wildman–Crippen LogP) is 1.90. The van der Waals surface area contributed by atoms with Gasteiger partial charge < -0.3 is 24.8 Å². The molecule has 1 saturated heterocycles. The number of hydrogen-bond acceptors (Lipinski definition) is 9. The number of azo groups is 1. The maximum atomic E-state index is 9.31. The molecule has 1 fully saturated rings. The zero-order valence-corrected chi connectivity index (χ0v) is 15.3. The quantitative estimate of drug-likeness (QED) is 0.539. The molecule has 1 aromatic heterocycles. The van der Waals surface area contributed by atoms with Crippen LogP contribution in [0.1, 0.15) is 5.69 Å². The molecule has 144 valence electrons.